The summed E-state index contributed by atoms with van der Waals surface area (Å²) in [4.78, 5) is 0. The summed E-state index contributed by atoms with van der Waals surface area (Å²) in [6, 6.07) is 10.6. The lowest BCUT2D eigenvalue weighted by atomic mass is 10.1. The predicted octanol–water partition coefficient (Wildman–Crippen LogP) is -0.180. The van der Waals surface area contributed by atoms with Crippen LogP contribution in [-0.2, 0) is 6.54 Å². The minimum atomic E-state index is 0. The molecule has 0 saturated heterocycles. The van der Waals surface area contributed by atoms with Gasteiger partial charge in [-0.05, 0) is 12.8 Å². The second kappa shape index (κ2) is 9.75. The molecule has 0 amide bonds. The SMILES string of the molecule is CCC[N+](CCC)(CCO)Cc1ccccc1.[I-]. The van der Waals surface area contributed by atoms with Crippen LogP contribution >= 0.6 is 0 Å². The summed E-state index contributed by atoms with van der Waals surface area (Å²) >= 11 is 0. The largest absolute Gasteiger partial charge is 1.00 e. The Balaban J connectivity index is 0.00000289. The van der Waals surface area contributed by atoms with Gasteiger partial charge in [0.25, 0.3) is 0 Å². The van der Waals surface area contributed by atoms with E-state index in [0.717, 1.165) is 30.7 Å². The highest BCUT2D eigenvalue weighted by atomic mass is 127. The van der Waals surface area contributed by atoms with Crippen LogP contribution in [-0.4, -0.2) is 35.8 Å². The smallest absolute Gasteiger partial charge is 0.104 e. The number of halogens is 1. The Morgan fingerprint density at radius 2 is 1.50 bits per heavy atom. The molecule has 0 fully saturated rings. The highest BCUT2D eigenvalue weighted by Crippen LogP contribution is 2.16. The monoisotopic (exact) mass is 363 g/mol. The van der Waals surface area contributed by atoms with Gasteiger partial charge in [-0.2, -0.15) is 0 Å². The molecule has 0 heterocycles. The molecule has 104 valence electrons. The fraction of sp³-hybridized carbons (Fsp3) is 0.600. The zero-order valence-corrected chi connectivity index (χ0v) is 13.8. The number of hydrogen-bond acceptors (Lipinski definition) is 1. The number of benzene rings is 1. The van der Waals surface area contributed by atoms with Gasteiger partial charge in [0, 0.05) is 5.56 Å². The van der Waals surface area contributed by atoms with Crippen molar-refractivity contribution in [1.82, 2.24) is 0 Å². The first-order valence-electron chi connectivity index (χ1n) is 6.76. The molecule has 0 spiro atoms. The fourth-order valence-corrected chi connectivity index (χ4v) is 2.70. The standard InChI is InChI=1S/C15H26NO.HI/c1-3-10-16(11-4-2,12-13-17)14-15-8-6-5-7-9-15;/h5-9,17H,3-4,10-14H2,1-2H3;1H/q+1;/p-1. The number of nitrogens with zero attached hydrogens (tertiary/aromatic N) is 1. The minimum absolute atomic E-state index is 0. The molecule has 1 aromatic rings. The van der Waals surface area contributed by atoms with E-state index in [9.17, 15) is 5.11 Å². The fourth-order valence-electron chi connectivity index (χ4n) is 2.70. The zero-order valence-electron chi connectivity index (χ0n) is 11.6. The van der Waals surface area contributed by atoms with E-state index in [1.54, 1.807) is 0 Å². The second-order valence-corrected chi connectivity index (χ2v) is 4.88. The molecular weight excluding hydrogens is 337 g/mol. The highest BCUT2D eigenvalue weighted by Gasteiger charge is 2.25. The molecule has 1 rings (SSSR count). The summed E-state index contributed by atoms with van der Waals surface area (Å²) in [5, 5.41) is 9.32. The molecule has 0 bridgehead atoms. The van der Waals surface area contributed by atoms with Gasteiger partial charge in [0.15, 0.2) is 0 Å². The normalized spacial score (nSPS) is 11.1. The first kappa shape index (κ1) is 17.9. The van der Waals surface area contributed by atoms with E-state index in [0.29, 0.717) is 0 Å². The van der Waals surface area contributed by atoms with Crippen LogP contribution in [0.25, 0.3) is 0 Å². The van der Waals surface area contributed by atoms with Crippen molar-refractivity contribution in [1.29, 1.82) is 0 Å². The molecule has 0 aliphatic carbocycles. The first-order valence-corrected chi connectivity index (χ1v) is 6.76. The summed E-state index contributed by atoms with van der Waals surface area (Å²) in [7, 11) is 0. The van der Waals surface area contributed by atoms with E-state index in [1.807, 2.05) is 0 Å². The average Bonchev–Trinajstić information content (AvgIpc) is 2.31. The van der Waals surface area contributed by atoms with Crippen molar-refractivity contribution in [2.45, 2.75) is 33.2 Å². The van der Waals surface area contributed by atoms with Gasteiger partial charge in [-0.15, -0.1) is 0 Å². The molecular formula is C15H26INO. The third kappa shape index (κ3) is 5.67. The molecule has 1 aromatic carbocycles. The molecule has 0 saturated carbocycles. The van der Waals surface area contributed by atoms with Crippen LogP contribution in [0, 0.1) is 0 Å². The highest BCUT2D eigenvalue weighted by molar-refractivity contribution is 5.13. The predicted molar refractivity (Wildman–Crippen MR) is 72.7 cm³/mol. The summed E-state index contributed by atoms with van der Waals surface area (Å²) in [6.45, 7) is 8.97. The summed E-state index contributed by atoms with van der Waals surface area (Å²) in [5.41, 5.74) is 1.38. The molecule has 1 N–H and O–H groups in total. The second-order valence-electron chi connectivity index (χ2n) is 4.88. The van der Waals surface area contributed by atoms with E-state index in [1.165, 1.54) is 18.4 Å². The Labute approximate surface area is 129 Å². The van der Waals surface area contributed by atoms with E-state index in [-0.39, 0.29) is 30.6 Å². The minimum Gasteiger partial charge on any atom is -1.00 e. The summed E-state index contributed by atoms with van der Waals surface area (Å²) < 4.78 is 1.02. The molecule has 3 heteroatoms. The average molecular weight is 363 g/mol. The zero-order chi connectivity index (χ0) is 12.6. The Hall–Kier alpha value is -0.130. The first-order chi connectivity index (χ1) is 8.26. The Kier molecular flexibility index (Phi) is 9.68. The lowest BCUT2D eigenvalue weighted by Gasteiger charge is -2.38. The van der Waals surface area contributed by atoms with Gasteiger partial charge in [-0.3, -0.25) is 0 Å². The molecule has 2 nitrogen and oxygen atoms in total. The van der Waals surface area contributed by atoms with E-state index in [2.05, 4.69) is 44.2 Å². The molecule has 0 aromatic heterocycles. The maximum atomic E-state index is 9.32. The van der Waals surface area contributed by atoms with Crippen molar-refractivity contribution < 1.29 is 33.6 Å². The third-order valence-corrected chi connectivity index (χ3v) is 3.33. The van der Waals surface area contributed by atoms with Crippen molar-refractivity contribution >= 4 is 0 Å². The Bertz CT molecular complexity index is 286. The maximum Gasteiger partial charge on any atom is 0.104 e. The molecule has 0 aliphatic rings. The van der Waals surface area contributed by atoms with Gasteiger partial charge >= 0.3 is 0 Å². The lowest BCUT2D eigenvalue weighted by Crippen LogP contribution is -3.00. The molecule has 0 aliphatic heterocycles. The Morgan fingerprint density at radius 3 is 1.94 bits per heavy atom. The number of quaternary nitrogens is 1. The van der Waals surface area contributed by atoms with Crippen LogP contribution in [0.3, 0.4) is 0 Å². The number of hydrogen-bond donors (Lipinski definition) is 1. The van der Waals surface area contributed by atoms with E-state index < -0.39 is 0 Å². The topological polar surface area (TPSA) is 20.2 Å². The van der Waals surface area contributed by atoms with Crippen molar-refractivity contribution in [3.63, 3.8) is 0 Å². The Morgan fingerprint density at radius 1 is 0.944 bits per heavy atom. The maximum absolute atomic E-state index is 9.32. The molecule has 0 radical (unpaired) electrons. The van der Waals surface area contributed by atoms with Gasteiger partial charge in [0.05, 0.1) is 19.7 Å². The molecule has 0 unspecified atom stereocenters. The van der Waals surface area contributed by atoms with Crippen molar-refractivity contribution in [3.8, 4) is 0 Å². The van der Waals surface area contributed by atoms with Crippen LogP contribution in [0.1, 0.15) is 32.3 Å². The number of aliphatic hydroxyl groups is 1. The quantitative estimate of drug-likeness (QED) is 0.502. The third-order valence-electron chi connectivity index (χ3n) is 3.33. The molecule has 18 heavy (non-hydrogen) atoms. The van der Waals surface area contributed by atoms with Crippen molar-refractivity contribution in [3.05, 3.63) is 35.9 Å². The number of rotatable bonds is 8. The van der Waals surface area contributed by atoms with Crippen LogP contribution < -0.4 is 24.0 Å². The van der Waals surface area contributed by atoms with Gasteiger partial charge in [-0.25, -0.2) is 0 Å². The van der Waals surface area contributed by atoms with Gasteiger partial charge in [0.2, 0.25) is 0 Å². The summed E-state index contributed by atoms with van der Waals surface area (Å²) in [6.07, 6.45) is 2.35. The van der Waals surface area contributed by atoms with Crippen LogP contribution in [0.2, 0.25) is 0 Å². The van der Waals surface area contributed by atoms with Gasteiger partial charge in [0.1, 0.15) is 13.1 Å². The van der Waals surface area contributed by atoms with Crippen molar-refractivity contribution in [2.24, 2.45) is 0 Å². The van der Waals surface area contributed by atoms with E-state index >= 15 is 0 Å². The lowest BCUT2D eigenvalue weighted by molar-refractivity contribution is -0.941. The van der Waals surface area contributed by atoms with Crippen LogP contribution in [0.15, 0.2) is 30.3 Å². The van der Waals surface area contributed by atoms with Gasteiger partial charge < -0.3 is 33.6 Å². The van der Waals surface area contributed by atoms with E-state index in [4.69, 9.17) is 0 Å². The number of aliphatic hydroxyl groups excluding tert-OH is 1. The molecule has 0 atom stereocenters. The van der Waals surface area contributed by atoms with Crippen molar-refractivity contribution in [2.75, 3.05) is 26.2 Å². The van der Waals surface area contributed by atoms with Crippen LogP contribution in [0.4, 0.5) is 0 Å². The van der Waals surface area contributed by atoms with Gasteiger partial charge in [-0.1, -0.05) is 44.2 Å². The van der Waals surface area contributed by atoms with Crippen LogP contribution in [0.5, 0.6) is 0 Å². The summed E-state index contributed by atoms with van der Waals surface area (Å²) in [5.74, 6) is 0.